The molecule has 5 rings (SSSR count). The maximum Gasteiger partial charge on any atom is 0.214 e. The highest BCUT2D eigenvalue weighted by Crippen LogP contribution is 2.34. The summed E-state index contributed by atoms with van der Waals surface area (Å²) in [5, 5.41) is 6.15. The molecule has 8 nitrogen and oxygen atoms in total. The van der Waals surface area contributed by atoms with Crippen LogP contribution in [0.1, 0.15) is 25.7 Å². The summed E-state index contributed by atoms with van der Waals surface area (Å²) in [5.74, 6) is 0.478. The van der Waals surface area contributed by atoms with Gasteiger partial charge in [-0.1, -0.05) is 11.6 Å². The maximum absolute atomic E-state index is 15.1. The Hall–Kier alpha value is -2.75. The minimum absolute atomic E-state index is 0.00515. The summed E-state index contributed by atoms with van der Waals surface area (Å²) in [6, 6.07) is 6.78. The van der Waals surface area contributed by atoms with Gasteiger partial charge in [0.2, 0.25) is 5.88 Å². The van der Waals surface area contributed by atoms with Crippen molar-refractivity contribution in [3.63, 3.8) is 0 Å². The molecule has 33 heavy (non-hydrogen) atoms. The van der Waals surface area contributed by atoms with E-state index in [-0.39, 0.29) is 28.7 Å². The van der Waals surface area contributed by atoms with E-state index >= 15 is 4.39 Å². The van der Waals surface area contributed by atoms with Gasteiger partial charge in [0.05, 0.1) is 17.3 Å². The molecule has 0 amide bonds. The van der Waals surface area contributed by atoms with Gasteiger partial charge in [-0.3, -0.25) is 0 Å². The summed E-state index contributed by atoms with van der Waals surface area (Å²) in [5.41, 5.74) is 1.25. The fourth-order valence-corrected chi connectivity index (χ4v) is 4.19. The molecular weight excluding hydrogens is 449 g/mol. The van der Waals surface area contributed by atoms with Crippen LogP contribution in [0.2, 0.25) is 5.02 Å². The van der Waals surface area contributed by atoms with E-state index in [0.717, 1.165) is 45.4 Å². The largest absolute Gasteiger partial charge is 0.489 e. The predicted octanol–water partition coefficient (Wildman–Crippen LogP) is 4.25. The molecular formula is C23H25ClFN5O3. The lowest BCUT2D eigenvalue weighted by atomic mass is 10.1. The molecule has 2 aromatic heterocycles. The third-order valence-electron chi connectivity index (χ3n) is 5.76. The van der Waals surface area contributed by atoms with E-state index in [4.69, 9.17) is 25.8 Å². The molecule has 0 aliphatic carbocycles. The van der Waals surface area contributed by atoms with Gasteiger partial charge in [0.25, 0.3) is 0 Å². The number of hydrogen-bond donors (Lipinski definition) is 2. The highest BCUT2D eigenvalue weighted by molar-refractivity contribution is 6.32. The van der Waals surface area contributed by atoms with Gasteiger partial charge in [-0.05, 0) is 50.4 Å². The van der Waals surface area contributed by atoms with Gasteiger partial charge < -0.3 is 24.8 Å². The van der Waals surface area contributed by atoms with E-state index in [1.165, 1.54) is 6.33 Å². The van der Waals surface area contributed by atoms with Gasteiger partial charge in [0.1, 0.15) is 35.3 Å². The van der Waals surface area contributed by atoms with Gasteiger partial charge in [0.15, 0.2) is 11.6 Å². The second kappa shape index (κ2) is 10.0. The molecule has 0 saturated carbocycles. The van der Waals surface area contributed by atoms with Crippen LogP contribution in [0, 0.1) is 5.82 Å². The zero-order valence-electron chi connectivity index (χ0n) is 18.0. The molecule has 0 spiro atoms. The van der Waals surface area contributed by atoms with Crippen molar-refractivity contribution in [3.05, 3.63) is 41.4 Å². The minimum Gasteiger partial charge on any atom is -0.489 e. The second-order valence-electron chi connectivity index (χ2n) is 8.14. The number of nitrogens with zero attached hydrogens (tertiary/aromatic N) is 3. The Balaban J connectivity index is 1.34. The Labute approximate surface area is 195 Å². The highest BCUT2D eigenvalue weighted by atomic mass is 35.5. The molecule has 0 radical (unpaired) electrons. The van der Waals surface area contributed by atoms with Crippen molar-refractivity contribution in [1.29, 1.82) is 0 Å². The molecule has 10 heteroatoms. The number of pyridine rings is 1. The lowest BCUT2D eigenvalue weighted by molar-refractivity contribution is -0.0110. The van der Waals surface area contributed by atoms with Gasteiger partial charge in [-0.25, -0.2) is 19.3 Å². The molecule has 174 valence electrons. The molecule has 2 saturated heterocycles. The molecule has 4 heterocycles. The molecule has 2 fully saturated rings. The predicted molar refractivity (Wildman–Crippen MR) is 123 cm³/mol. The number of aromatic nitrogens is 3. The first-order valence-corrected chi connectivity index (χ1v) is 11.5. The summed E-state index contributed by atoms with van der Waals surface area (Å²) < 4.78 is 32.4. The van der Waals surface area contributed by atoms with Crippen LogP contribution in [0.3, 0.4) is 0 Å². The molecule has 0 bridgehead atoms. The number of anilines is 2. The quantitative estimate of drug-likeness (QED) is 0.526. The monoisotopic (exact) mass is 473 g/mol. The summed E-state index contributed by atoms with van der Waals surface area (Å²) >= 11 is 6.27. The SMILES string of the molecule is Fc1c(Nc2ncnc3ccc(O[C@H]4CCNC4)nc23)ccc(OC[C@H]2CCCCO2)c1Cl. The van der Waals surface area contributed by atoms with Crippen LogP contribution in [-0.4, -0.2) is 53.5 Å². The first kappa shape index (κ1) is 22.1. The minimum atomic E-state index is -0.630. The van der Waals surface area contributed by atoms with Crippen molar-refractivity contribution >= 4 is 34.1 Å². The number of fused-ring (bicyclic) bond motifs is 1. The van der Waals surface area contributed by atoms with E-state index in [2.05, 4.69) is 25.6 Å². The first-order valence-electron chi connectivity index (χ1n) is 11.2. The fourth-order valence-electron chi connectivity index (χ4n) is 3.97. The first-order chi connectivity index (χ1) is 16.2. The van der Waals surface area contributed by atoms with Crippen LogP contribution in [0.15, 0.2) is 30.6 Å². The second-order valence-corrected chi connectivity index (χ2v) is 8.51. The summed E-state index contributed by atoms with van der Waals surface area (Å²) in [4.78, 5) is 13.1. The zero-order valence-corrected chi connectivity index (χ0v) is 18.8. The van der Waals surface area contributed by atoms with Crippen LogP contribution in [-0.2, 0) is 4.74 Å². The van der Waals surface area contributed by atoms with Crippen LogP contribution >= 0.6 is 11.6 Å². The third-order valence-corrected chi connectivity index (χ3v) is 6.11. The third kappa shape index (κ3) is 5.10. The Morgan fingerprint density at radius 2 is 2.12 bits per heavy atom. The Bertz CT molecular complexity index is 1120. The van der Waals surface area contributed by atoms with Crippen molar-refractivity contribution < 1.29 is 18.6 Å². The normalized spacial score (nSPS) is 20.7. The van der Waals surface area contributed by atoms with E-state index in [1.54, 1.807) is 24.3 Å². The van der Waals surface area contributed by atoms with Crippen LogP contribution < -0.4 is 20.1 Å². The molecule has 3 aromatic rings. The molecule has 2 atom stereocenters. The Kier molecular flexibility index (Phi) is 6.70. The average molecular weight is 474 g/mol. The van der Waals surface area contributed by atoms with E-state index in [1.807, 2.05) is 0 Å². The Morgan fingerprint density at radius 3 is 2.94 bits per heavy atom. The van der Waals surface area contributed by atoms with E-state index < -0.39 is 5.82 Å². The van der Waals surface area contributed by atoms with Gasteiger partial charge in [-0.2, -0.15) is 0 Å². The number of ether oxygens (including phenoxy) is 3. The molecule has 2 aliphatic rings. The van der Waals surface area contributed by atoms with Gasteiger partial charge >= 0.3 is 0 Å². The smallest absolute Gasteiger partial charge is 0.214 e. The summed E-state index contributed by atoms with van der Waals surface area (Å²) in [6.45, 7) is 2.76. The lowest BCUT2D eigenvalue weighted by Crippen LogP contribution is -2.25. The maximum atomic E-state index is 15.1. The highest BCUT2D eigenvalue weighted by Gasteiger charge is 2.20. The van der Waals surface area contributed by atoms with Crippen molar-refractivity contribution in [3.8, 4) is 11.6 Å². The zero-order chi connectivity index (χ0) is 22.6. The standard InChI is InChI=1S/C23H25ClFN5O3/c24-20-18(32-12-15-3-1-2-10-31-15)6-4-16(21(20)25)29-23-22-17(27-13-28-23)5-7-19(30-22)33-14-8-9-26-11-14/h4-7,13-15,26H,1-3,8-12H2,(H,27,28,29)/t14-,15+/m0/s1. The van der Waals surface area contributed by atoms with Gasteiger partial charge in [-0.15, -0.1) is 0 Å². The van der Waals surface area contributed by atoms with Crippen molar-refractivity contribution in [2.45, 2.75) is 37.9 Å². The van der Waals surface area contributed by atoms with E-state index in [9.17, 15) is 0 Å². The summed E-state index contributed by atoms with van der Waals surface area (Å²) in [6.07, 6.45) is 5.48. The fraction of sp³-hybridized carbons (Fsp3) is 0.435. The van der Waals surface area contributed by atoms with Crippen LogP contribution in [0.4, 0.5) is 15.9 Å². The van der Waals surface area contributed by atoms with Crippen molar-refractivity contribution in [2.24, 2.45) is 0 Å². The van der Waals surface area contributed by atoms with E-state index in [0.29, 0.717) is 29.3 Å². The van der Waals surface area contributed by atoms with Crippen molar-refractivity contribution in [2.75, 3.05) is 31.6 Å². The molecule has 0 unspecified atom stereocenters. The van der Waals surface area contributed by atoms with Crippen LogP contribution in [0.25, 0.3) is 11.0 Å². The number of nitrogens with one attached hydrogen (secondary N) is 2. The molecule has 1 aromatic carbocycles. The summed E-state index contributed by atoms with van der Waals surface area (Å²) in [7, 11) is 0. The number of hydrogen-bond acceptors (Lipinski definition) is 8. The molecule has 2 N–H and O–H groups in total. The number of benzene rings is 1. The molecule has 2 aliphatic heterocycles. The number of halogens is 2. The van der Waals surface area contributed by atoms with Crippen LogP contribution in [0.5, 0.6) is 11.6 Å². The Morgan fingerprint density at radius 1 is 1.18 bits per heavy atom. The average Bonchev–Trinajstić information content (AvgIpc) is 3.35. The lowest BCUT2D eigenvalue weighted by Gasteiger charge is -2.23. The van der Waals surface area contributed by atoms with Gasteiger partial charge in [0, 0.05) is 19.2 Å². The number of rotatable bonds is 7. The van der Waals surface area contributed by atoms with Crippen molar-refractivity contribution in [1.82, 2.24) is 20.3 Å². The topological polar surface area (TPSA) is 90.4 Å².